The van der Waals surface area contributed by atoms with Gasteiger partial charge in [-0.1, -0.05) is 23.7 Å². The highest BCUT2D eigenvalue weighted by atomic mass is 35.5. The van der Waals surface area contributed by atoms with E-state index in [0.717, 1.165) is 0 Å². The van der Waals surface area contributed by atoms with Crippen molar-refractivity contribution >= 4 is 23.1 Å². The summed E-state index contributed by atoms with van der Waals surface area (Å²) < 4.78 is 5.41. The van der Waals surface area contributed by atoms with Crippen LogP contribution in [0, 0.1) is 17.0 Å². The molecule has 0 unspecified atom stereocenters. The number of hydrogen-bond donors (Lipinski definition) is 0. The normalized spacial score (nSPS) is 10.2. The van der Waals surface area contributed by atoms with Crippen molar-refractivity contribution in [3.05, 3.63) is 68.7 Å². The molecule has 0 atom stereocenters. The topological polar surface area (TPSA) is 69.4 Å². The van der Waals surface area contributed by atoms with Gasteiger partial charge in [-0.15, -0.1) is 0 Å². The average molecular weight is 306 g/mol. The molecule has 21 heavy (non-hydrogen) atoms. The summed E-state index contributed by atoms with van der Waals surface area (Å²) in [7, 11) is 0. The van der Waals surface area contributed by atoms with Crippen molar-refractivity contribution in [1.29, 1.82) is 0 Å². The number of halogens is 1. The third-order valence-corrected chi connectivity index (χ3v) is 3.23. The van der Waals surface area contributed by atoms with Crippen LogP contribution in [0.2, 0.25) is 5.02 Å². The highest BCUT2D eigenvalue weighted by Crippen LogP contribution is 2.23. The van der Waals surface area contributed by atoms with E-state index in [9.17, 15) is 14.9 Å². The van der Waals surface area contributed by atoms with E-state index >= 15 is 0 Å². The first-order valence-electron chi connectivity index (χ1n) is 6.14. The number of nitro groups is 1. The lowest BCUT2D eigenvalue weighted by atomic mass is 10.1. The zero-order valence-corrected chi connectivity index (χ0v) is 12.0. The van der Waals surface area contributed by atoms with Gasteiger partial charge in [0.1, 0.15) is 5.75 Å². The minimum atomic E-state index is -0.480. The quantitative estimate of drug-likeness (QED) is 0.478. The molecule has 5 nitrogen and oxygen atoms in total. The first-order chi connectivity index (χ1) is 9.99. The molecule has 0 fully saturated rings. The number of non-ortho nitro benzene ring substituents is 1. The molecule has 0 bridgehead atoms. The first-order valence-corrected chi connectivity index (χ1v) is 6.52. The van der Waals surface area contributed by atoms with Gasteiger partial charge in [-0.2, -0.15) is 0 Å². The van der Waals surface area contributed by atoms with Crippen molar-refractivity contribution in [1.82, 2.24) is 0 Å². The number of ether oxygens (including phenoxy) is 1. The minimum Gasteiger partial charge on any atom is -0.485 e. The SMILES string of the molecule is Cc1cc([N+](=O)[O-])ccc1OCC(=O)c1ccccc1Cl. The van der Waals surface area contributed by atoms with E-state index in [1.54, 1.807) is 31.2 Å². The molecule has 2 rings (SSSR count). The van der Waals surface area contributed by atoms with Gasteiger partial charge in [0.05, 0.1) is 9.95 Å². The molecule has 0 radical (unpaired) electrons. The summed E-state index contributed by atoms with van der Waals surface area (Å²) >= 11 is 5.94. The lowest BCUT2D eigenvalue weighted by molar-refractivity contribution is -0.384. The van der Waals surface area contributed by atoms with E-state index in [0.29, 0.717) is 21.9 Å². The summed E-state index contributed by atoms with van der Waals surface area (Å²) in [6, 6.07) is 10.9. The van der Waals surface area contributed by atoms with Crippen LogP contribution in [0.4, 0.5) is 5.69 Å². The third-order valence-electron chi connectivity index (χ3n) is 2.90. The Kier molecular flexibility index (Phi) is 4.55. The van der Waals surface area contributed by atoms with Crippen molar-refractivity contribution in [2.24, 2.45) is 0 Å². The summed E-state index contributed by atoms with van der Waals surface area (Å²) in [4.78, 5) is 22.2. The Morgan fingerprint density at radius 2 is 2.00 bits per heavy atom. The van der Waals surface area contributed by atoms with E-state index in [2.05, 4.69) is 0 Å². The Balaban J connectivity index is 2.08. The molecule has 0 aliphatic heterocycles. The molecule has 0 heterocycles. The van der Waals surface area contributed by atoms with Crippen molar-refractivity contribution < 1.29 is 14.5 Å². The molecule has 0 amide bonds. The lowest BCUT2D eigenvalue weighted by Gasteiger charge is -2.09. The number of benzene rings is 2. The molecule has 2 aromatic rings. The Bertz CT molecular complexity index is 700. The number of carbonyl (C=O) groups excluding carboxylic acids is 1. The van der Waals surface area contributed by atoms with Gasteiger partial charge >= 0.3 is 0 Å². The van der Waals surface area contributed by atoms with Crippen LogP contribution in [0.15, 0.2) is 42.5 Å². The Morgan fingerprint density at radius 3 is 2.62 bits per heavy atom. The predicted octanol–water partition coefficient (Wildman–Crippen LogP) is 3.82. The van der Waals surface area contributed by atoms with E-state index in [-0.39, 0.29) is 18.1 Å². The van der Waals surface area contributed by atoms with Gasteiger partial charge in [0, 0.05) is 17.7 Å². The van der Waals surface area contributed by atoms with Crippen molar-refractivity contribution in [2.75, 3.05) is 6.61 Å². The molecule has 0 aliphatic rings. The van der Waals surface area contributed by atoms with Crippen LogP contribution in [0.3, 0.4) is 0 Å². The standard InChI is InChI=1S/C15H12ClNO4/c1-10-8-11(17(19)20)6-7-15(10)21-9-14(18)12-4-2-3-5-13(12)16/h2-8H,9H2,1H3. The first kappa shape index (κ1) is 15.0. The predicted molar refractivity (Wildman–Crippen MR) is 79.1 cm³/mol. The molecule has 0 saturated heterocycles. The van der Waals surface area contributed by atoms with E-state index < -0.39 is 4.92 Å². The Hall–Kier alpha value is -2.40. The fourth-order valence-electron chi connectivity index (χ4n) is 1.82. The highest BCUT2D eigenvalue weighted by molar-refractivity contribution is 6.34. The molecule has 0 spiro atoms. The molecule has 2 aromatic carbocycles. The fourth-order valence-corrected chi connectivity index (χ4v) is 2.06. The maximum Gasteiger partial charge on any atom is 0.269 e. The van der Waals surface area contributed by atoms with Gasteiger partial charge in [0.2, 0.25) is 5.78 Å². The molecule has 0 aliphatic carbocycles. The van der Waals surface area contributed by atoms with E-state index in [1.165, 1.54) is 18.2 Å². The van der Waals surface area contributed by atoms with Gasteiger partial charge < -0.3 is 4.74 Å². The van der Waals surface area contributed by atoms with Gasteiger partial charge in [0.15, 0.2) is 6.61 Å². The lowest BCUT2D eigenvalue weighted by Crippen LogP contribution is -2.12. The monoisotopic (exact) mass is 305 g/mol. The van der Waals surface area contributed by atoms with Crippen LogP contribution in [0.25, 0.3) is 0 Å². The molecule has 6 heteroatoms. The second kappa shape index (κ2) is 6.37. The number of Topliss-reactive ketones (excluding diaryl/α,β-unsaturated/α-hetero) is 1. The number of ketones is 1. The fraction of sp³-hybridized carbons (Fsp3) is 0.133. The van der Waals surface area contributed by atoms with Gasteiger partial charge in [-0.3, -0.25) is 14.9 Å². The molecule has 108 valence electrons. The van der Waals surface area contributed by atoms with Crippen LogP contribution < -0.4 is 4.74 Å². The zero-order valence-electron chi connectivity index (χ0n) is 11.2. The van der Waals surface area contributed by atoms with Crippen molar-refractivity contribution in [3.63, 3.8) is 0 Å². The smallest absolute Gasteiger partial charge is 0.269 e. The van der Waals surface area contributed by atoms with Crippen LogP contribution in [0.1, 0.15) is 15.9 Å². The van der Waals surface area contributed by atoms with Gasteiger partial charge in [-0.25, -0.2) is 0 Å². The van der Waals surface area contributed by atoms with Crippen molar-refractivity contribution in [3.8, 4) is 5.75 Å². The molecular weight excluding hydrogens is 294 g/mol. The highest BCUT2D eigenvalue weighted by Gasteiger charge is 2.13. The second-order valence-corrected chi connectivity index (χ2v) is 4.81. The summed E-state index contributed by atoms with van der Waals surface area (Å²) in [5.41, 5.74) is 0.965. The Labute approximate surface area is 126 Å². The van der Waals surface area contributed by atoms with E-state index in [1.807, 2.05) is 0 Å². The van der Waals surface area contributed by atoms with E-state index in [4.69, 9.17) is 16.3 Å². The Morgan fingerprint density at radius 1 is 1.29 bits per heavy atom. The van der Waals surface area contributed by atoms with Crippen molar-refractivity contribution in [2.45, 2.75) is 6.92 Å². The number of nitro benzene ring substituents is 1. The maximum atomic E-state index is 12.0. The number of aryl methyl sites for hydroxylation is 1. The van der Waals surface area contributed by atoms with Crippen LogP contribution in [-0.2, 0) is 0 Å². The number of carbonyl (C=O) groups is 1. The van der Waals surface area contributed by atoms with Gasteiger partial charge in [-0.05, 0) is 30.7 Å². The summed E-state index contributed by atoms with van der Waals surface area (Å²) in [5.74, 6) is 0.180. The largest absolute Gasteiger partial charge is 0.485 e. The van der Waals surface area contributed by atoms with Crippen LogP contribution >= 0.6 is 11.6 Å². The van der Waals surface area contributed by atoms with Gasteiger partial charge in [0.25, 0.3) is 5.69 Å². The zero-order chi connectivity index (χ0) is 15.4. The average Bonchev–Trinajstić information content (AvgIpc) is 2.46. The van der Waals surface area contributed by atoms with Crippen LogP contribution in [-0.4, -0.2) is 17.3 Å². The summed E-state index contributed by atoms with van der Waals surface area (Å²) in [5, 5.41) is 11.0. The number of rotatable bonds is 5. The molecule has 0 saturated carbocycles. The second-order valence-electron chi connectivity index (χ2n) is 4.40. The van der Waals surface area contributed by atoms with Crippen LogP contribution in [0.5, 0.6) is 5.75 Å². The minimum absolute atomic E-state index is 0.0164. The third kappa shape index (κ3) is 3.58. The number of hydrogen-bond acceptors (Lipinski definition) is 4. The molecule has 0 aromatic heterocycles. The number of nitrogens with zero attached hydrogens (tertiary/aromatic N) is 1. The summed E-state index contributed by atoms with van der Waals surface area (Å²) in [6.07, 6.45) is 0. The summed E-state index contributed by atoms with van der Waals surface area (Å²) in [6.45, 7) is 1.50. The molecular formula is C15H12ClNO4. The molecule has 0 N–H and O–H groups in total. The maximum absolute atomic E-state index is 12.0.